The fourth-order valence-corrected chi connectivity index (χ4v) is 3.03. The molecule has 2 rings (SSSR count). The maximum Gasteiger partial charge on any atom is 0.223 e. The van der Waals surface area contributed by atoms with E-state index in [1.807, 2.05) is 17.5 Å². The first-order valence-corrected chi connectivity index (χ1v) is 6.69. The van der Waals surface area contributed by atoms with Crippen molar-refractivity contribution >= 4 is 29.7 Å². The second kappa shape index (κ2) is 6.99. The highest BCUT2D eigenvalue weighted by molar-refractivity contribution is 7.09. The molecule has 1 aromatic heterocycles. The average molecular weight is 275 g/mol. The van der Waals surface area contributed by atoms with Crippen molar-refractivity contribution in [2.24, 2.45) is 17.6 Å². The van der Waals surface area contributed by atoms with Gasteiger partial charge < -0.3 is 11.1 Å². The molecule has 0 radical (unpaired) electrons. The second-order valence-electron chi connectivity index (χ2n) is 4.33. The van der Waals surface area contributed by atoms with Crippen molar-refractivity contribution in [1.29, 1.82) is 0 Å². The monoisotopic (exact) mass is 274 g/mol. The molecule has 3 N–H and O–H groups in total. The molecule has 2 atom stereocenters. The first-order valence-electron chi connectivity index (χ1n) is 5.81. The third kappa shape index (κ3) is 3.69. The van der Waals surface area contributed by atoms with E-state index in [4.69, 9.17) is 5.73 Å². The minimum absolute atomic E-state index is 0. The number of thiophene rings is 1. The topological polar surface area (TPSA) is 55.1 Å². The van der Waals surface area contributed by atoms with Gasteiger partial charge in [0.05, 0.1) is 6.54 Å². The van der Waals surface area contributed by atoms with Crippen LogP contribution in [-0.2, 0) is 11.3 Å². The van der Waals surface area contributed by atoms with E-state index in [1.165, 1.54) is 4.88 Å². The maximum absolute atomic E-state index is 11.9. The number of hydrogen-bond acceptors (Lipinski definition) is 3. The number of nitrogens with two attached hydrogens (primary N) is 1. The number of halogens is 1. The van der Waals surface area contributed by atoms with Gasteiger partial charge in [-0.1, -0.05) is 12.5 Å². The van der Waals surface area contributed by atoms with Crippen molar-refractivity contribution in [3.05, 3.63) is 22.4 Å². The quantitative estimate of drug-likeness (QED) is 0.884. The van der Waals surface area contributed by atoms with E-state index in [1.54, 1.807) is 11.3 Å². The maximum atomic E-state index is 11.9. The summed E-state index contributed by atoms with van der Waals surface area (Å²) in [4.78, 5) is 13.2. The first-order chi connectivity index (χ1) is 7.81. The van der Waals surface area contributed by atoms with Crippen molar-refractivity contribution in [2.45, 2.75) is 25.8 Å². The van der Waals surface area contributed by atoms with Crippen LogP contribution < -0.4 is 11.1 Å². The Hall–Kier alpha value is -0.580. The van der Waals surface area contributed by atoms with E-state index in [0.717, 1.165) is 19.3 Å². The number of nitrogens with one attached hydrogen (secondary N) is 1. The zero-order valence-electron chi connectivity index (χ0n) is 9.72. The van der Waals surface area contributed by atoms with Crippen LogP contribution in [0.15, 0.2) is 17.5 Å². The van der Waals surface area contributed by atoms with E-state index in [2.05, 4.69) is 5.32 Å². The van der Waals surface area contributed by atoms with Crippen LogP contribution in [0.2, 0.25) is 0 Å². The van der Waals surface area contributed by atoms with Gasteiger partial charge >= 0.3 is 0 Å². The summed E-state index contributed by atoms with van der Waals surface area (Å²) in [7, 11) is 0. The van der Waals surface area contributed by atoms with Crippen molar-refractivity contribution in [3.63, 3.8) is 0 Å². The highest BCUT2D eigenvalue weighted by Gasteiger charge is 2.31. The molecule has 0 bridgehead atoms. The smallest absolute Gasteiger partial charge is 0.223 e. The van der Waals surface area contributed by atoms with Gasteiger partial charge in [-0.25, -0.2) is 0 Å². The number of amides is 1. The molecule has 0 spiro atoms. The van der Waals surface area contributed by atoms with E-state index < -0.39 is 0 Å². The van der Waals surface area contributed by atoms with E-state index in [-0.39, 0.29) is 24.2 Å². The Morgan fingerprint density at radius 1 is 1.53 bits per heavy atom. The normalized spacial score (nSPS) is 23.1. The molecule has 3 nitrogen and oxygen atoms in total. The minimum atomic E-state index is 0. The van der Waals surface area contributed by atoms with Crippen molar-refractivity contribution in [1.82, 2.24) is 5.32 Å². The molecule has 0 aliphatic heterocycles. The Labute approximate surface area is 112 Å². The Bertz CT molecular complexity index is 342. The molecule has 5 heteroatoms. The van der Waals surface area contributed by atoms with Crippen LogP contribution in [0.4, 0.5) is 0 Å². The molecule has 1 heterocycles. The summed E-state index contributed by atoms with van der Waals surface area (Å²) in [5.74, 6) is 0.717. The molecule has 0 saturated heterocycles. The van der Waals surface area contributed by atoms with Crippen LogP contribution in [0.25, 0.3) is 0 Å². The highest BCUT2D eigenvalue weighted by Crippen LogP contribution is 2.31. The zero-order valence-corrected chi connectivity index (χ0v) is 11.4. The molecule has 1 aliphatic rings. The Morgan fingerprint density at radius 2 is 2.35 bits per heavy atom. The van der Waals surface area contributed by atoms with Crippen LogP contribution in [0, 0.1) is 11.8 Å². The largest absolute Gasteiger partial charge is 0.351 e. The molecule has 1 fully saturated rings. The van der Waals surface area contributed by atoms with Crippen LogP contribution in [0.1, 0.15) is 24.1 Å². The van der Waals surface area contributed by atoms with Gasteiger partial charge in [0.2, 0.25) is 5.91 Å². The van der Waals surface area contributed by atoms with Gasteiger partial charge in [0.15, 0.2) is 0 Å². The predicted octanol–water partition coefficient (Wildman–Crippen LogP) is 2.16. The molecular formula is C12H19ClN2OS. The lowest BCUT2D eigenvalue weighted by molar-refractivity contribution is -0.126. The van der Waals surface area contributed by atoms with Crippen molar-refractivity contribution < 1.29 is 4.79 Å². The molecule has 96 valence electrons. The molecule has 1 aromatic rings. The summed E-state index contributed by atoms with van der Waals surface area (Å²) in [6, 6.07) is 4.05. The second-order valence-corrected chi connectivity index (χ2v) is 5.36. The summed E-state index contributed by atoms with van der Waals surface area (Å²) < 4.78 is 0. The summed E-state index contributed by atoms with van der Waals surface area (Å²) >= 11 is 1.67. The van der Waals surface area contributed by atoms with E-state index in [9.17, 15) is 4.79 Å². The fraction of sp³-hybridized carbons (Fsp3) is 0.583. The Balaban J connectivity index is 0.00000144. The molecule has 1 aliphatic carbocycles. The fourth-order valence-electron chi connectivity index (χ4n) is 2.38. The molecule has 0 aromatic carbocycles. The molecular weight excluding hydrogens is 256 g/mol. The third-order valence-corrected chi connectivity index (χ3v) is 4.19. The summed E-state index contributed by atoms with van der Waals surface area (Å²) in [6.45, 7) is 1.29. The first kappa shape index (κ1) is 14.5. The van der Waals surface area contributed by atoms with Crippen LogP contribution in [0.5, 0.6) is 0 Å². The summed E-state index contributed by atoms with van der Waals surface area (Å²) in [5, 5.41) is 5.03. The predicted molar refractivity (Wildman–Crippen MR) is 73.3 cm³/mol. The van der Waals surface area contributed by atoms with Gasteiger partial charge in [0, 0.05) is 10.8 Å². The lowest BCUT2D eigenvalue weighted by atomic mass is 9.95. The Morgan fingerprint density at radius 3 is 3.00 bits per heavy atom. The van der Waals surface area contributed by atoms with Crippen LogP contribution in [-0.4, -0.2) is 12.5 Å². The van der Waals surface area contributed by atoms with Gasteiger partial charge in [-0.3, -0.25) is 4.79 Å². The molecule has 1 amide bonds. The highest BCUT2D eigenvalue weighted by atomic mass is 35.5. The molecule has 1 saturated carbocycles. The van der Waals surface area contributed by atoms with Crippen LogP contribution >= 0.6 is 23.7 Å². The van der Waals surface area contributed by atoms with Crippen LogP contribution in [0.3, 0.4) is 0 Å². The molecule has 17 heavy (non-hydrogen) atoms. The van der Waals surface area contributed by atoms with Gasteiger partial charge in [-0.2, -0.15) is 0 Å². The zero-order chi connectivity index (χ0) is 11.4. The number of rotatable bonds is 4. The van der Waals surface area contributed by atoms with Crippen molar-refractivity contribution in [3.8, 4) is 0 Å². The van der Waals surface area contributed by atoms with Gasteiger partial charge in [0.1, 0.15) is 0 Å². The summed E-state index contributed by atoms with van der Waals surface area (Å²) in [6.07, 6.45) is 3.24. The molecule has 0 unspecified atom stereocenters. The van der Waals surface area contributed by atoms with Crippen molar-refractivity contribution in [2.75, 3.05) is 6.54 Å². The third-order valence-electron chi connectivity index (χ3n) is 3.32. The lowest BCUT2D eigenvalue weighted by Crippen LogP contribution is -2.34. The standard InChI is InChI=1S/C12H18N2OS.ClH/c13-7-9-3-1-5-11(9)12(15)14-8-10-4-2-6-16-10;/h2,4,6,9,11H,1,3,5,7-8,13H2,(H,14,15);1H/t9-,11-;/m1./s1. The number of carbonyl (C=O) groups excluding carboxylic acids is 1. The van der Waals surface area contributed by atoms with Gasteiger partial charge in [-0.05, 0) is 36.8 Å². The number of carbonyl (C=O) groups is 1. The summed E-state index contributed by atoms with van der Waals surface area (Å²) in [5.41, 5.74) is 5.67. The lowest BCUT2D eigenvalue weighted by Gasteiger charge is -2.16. The van der Waals surface area contributed by atoms with Gasteiger partial charge in [0.25, 0.3) is 0 Å². The SMILES string of the molecule is Cl.NC[C@H]1CCC[C@H]1C(=O)NCc1cccs1. The number of hydrogen-bond donors (Lipinski definition) is 2. The minimum Gasteiger partial charge on any atom is -0.351 e. The van der Waals surface area contributed by atoms with Gasteiger partial charge in [-0.15, -0.1) is 23.7 Å². The van der Waals surface area contributed by atoms with E-state index in [0.29, 0.717) is 19.0 Å². The Kier molecular flexibility index (Phi) is 5.95. The average Bonchev–Trinajstić information content (AvgIpc) is 2.96. The van der Waals surface area contributed by atoms with E-state index >= 15 is 0 Å².